The monoisotopic (exact) mass is 226 g/mol. The molecular weight excluding hydrogens is 196 g/mol. The first kappa shape index (κ1) is 14.0. The van der Waals surface area contributed by atoms with Crippen molar-refractivity contribution in [2.24, 2.45) is 5.92 Å². The largest absolute Gasteiger partial charge is 0.313 e. The molecule has 0 amide bonds. The minimum absolute atomic E-state index is 0.606. The summed E-state index contributed by atoms with van der Waals surface area (Å²) in [5.74, 6) is 0.786. The Morgan fingerprint density at radius 2 is 1.81 bits per heavy atom. The van der Waals surface area contributed by atoms with Crippen LogP contribution in [0.25, 0.3) is 0 Å². The van der Waals surface area contributed by atoms with Crippen molar-refractivity contribution >= 4 is 0 Å². The fourth-order valence-corrected chi connectivity index (χ4v) is 2.29. The molecule has 16 heavy (non-hydrogen) atoms. The second kappa shape index (κ2) is 6.61. The number of hydrogen-bond acceptors (Lipinski definition) is 2. The Kier molecular flexibility index (Phi) is 5.77. The van der Waals surface area contributed by atoms with Gasteiger partial charge < -0.3 is 5.32 Å². The van der Waals surface area contributed by atoms with E-state index < -0.39 is 0 Å². The van der Waals surface area contributed by atoms with Crippen LogP contribution in [-0.4, -0.2) is 36.1 Å². The number of hydrogen-bond donors (Lipinski definition) is 1. The van der Waals surface area contributed by atoms with Crippen LogP contribution in [-0.2, 0) is 0 Å². The Bertz CT molecular complexity index is 185. The quantitative estimate of drug-likeness (QED) is 0.684. The van der Waals surface area contributed by atoms with Gasteiger partial charge >= 0.3 is 0 Å². The first-order chi connectivity index (χ1) is 7.54. The molecule has 1 aliphatic rings. The summed E-state index contributed by atoms with van der Waals surface area (Å²) in [6.45, 7) is 13.9. The number of rotatable bonds is 8. The molecule has 0 aromatic heterocycles. The number of nitrogens with one attached hydrogen (secondary N) is 1. The van der Waals surface area contributed by atoms with Gasteiger partial charge in [0.25, 0.3) is 0 Å². The summed E-state index contributed by atoms with van der Waals surface area (Å²) in [6.07, 6.45) is 4.11. The van der Waals surface area contributed by atoms with Crippen LogP contribution >= 0.6 is 0 Å². The minimum atomic E-state index is 0.606. The van der Waals surface area contributed by atoms with Crippen LogP contribution < -0.4 is 5.32 Å². The minimum Gasteiger partial charge on any atom is -0.313 e. The summed E-state index contributed by atoms with van der Waals surface area (Å²) in [7, 11) is 0. The molecule has 0 radical (unpaired) electrons. The average molecular weight is 226 g/mol. The van der Waals surface area contributed by atoms with Gasteiger partial charge in [0.15, 0.2) is 0 Å². The maximum atomic E-state index is 3.59. The third-order valence-corrected chi connectivity index (χ3v) is 3.29. The van der Waals surface area contributed by atoms with E-state index in [0.717, 1.165) is 24.5 Å². The van der Waals surface area contributed by atoms with Crippen molar-refractivity contribution in [3.05, 3.63) is 0 Å². The molecule has 2 heteroatoms. The zero-order valence-corrected chi connectivity index (χ0v) is 11.8. The van der Waals surface area contributed by atoms with E-state index in [1.165, 1.54) is 25.8 Å². The summed E-state index contributed by atoms with van der Waals surface area (Å²) in [4.78, 5) is 2.75. The second-order valence-electron chi connectivity index (χ2n) is 5.95. The van der Waals surface area contributed by atoms with Gasteiger partial charge in [-0.1, -0.05) is 34.6 Å². The smallest absolute Gasteiger partial charge is 0.0221 e. The summed E-state index contributed by atoms with van der Waals surface area (Å²) in [6, 6.07) is 2.23. The van der Waals surface area contributed by atoms with Crippen molar-refractivity contribution < 1.29 is 0 Å². The van der Waals surface area contributed by atoms with Crippen LogP contribution in [0, 0.1) is 5.92 Å². The van der Waals surface area contributed by atoms with Gasteiger partial charge in [0, 0.05) is 31.2 Å². The Balaban J connectivity index is 2.44. The third-order valence-electron chi connectivity index (χ3n) is 3.29. The highest BCUT2D eigenvalue weighted by atomic mass is 15.2. The molecule has 1 N–H and O–H groups in total. The zero-order valence-electron chi connectivity index (χ0n) is 11.8. The van der Waals surface area contributed by atoms with Gasteiger partial charge in [-0.05, 0) is 25.2 Å². The van der Waals surface area contributed by atoms with Gasteiger partial charge in [0.05, 0.1) is 0 Å². The van der Waals surface area contributed by atoms with Gasteiger partial charge in [0.1, 0.15) is 0 Å². The highest BCUT2D eigenvalue weighted by Crippen LogP contribution is 2.30. The first-order valence-electron chi connectivity index (χ1n) is 7.03. The number of nitrogens with zero attached hydrogens (tertiary/aromatic N) is 1. The predicted octanol–water partition coefficient (Wildman–Crippen LogP) is 2.88. The Morgan fingerprint density at radius 3 is 2.19 bits per heavy atom. The van der Waals surface area contributed by atoms with Gasteiger partial charge in [-0.2, -0.15) is 0 Å². The lowest BCUT2D eigenvalue weighted by Crippen LogP contribution is -2.46. The molecule has 96 valence electrons. The molecule has 1 atom stereocenters. The Hall–Kier alpha value is -0.0800. The summed E-state index contributed by atoms with van der Waals surface area (Å²) >= 11 is 0. The van der Waals surface area contributed by atoms with E-state index >= 15 is 0 Å². The topological polar surface area (TPSA) is 15.3 Å². The van der Waals surface area contributed by atoms with E-state index in [2.05, 4.69) is 44.8 Å². The molecule has 1 rings (SSSR count). The molecule has 0 saturated heterocycles. The van der Waals surface area contributed by atoms with Gasteiger partial charge in [-0.25, -0.2) is 0 Å². The van der Waals surface area contributed by atoms with Crippen LogP contribution in [0.2, 0.25) is 0 Å². The van der Waals surface area contributed by atoms with Crippen molar-refractivity contribution in [2.45, 2.75) is 72.0 Å². The molecule has 1 unspecified atom stereocenters. The standard InChI is InChI=1S/C14H30N2/c1-6-13(9-15-12(4)5)16(10-11(2)3)14-7-8-14/h11-15H,6-10H2,1-5H3. The van der Waals surface area contributed by atoms with Crippen molar-refractivity contribution in [1.29, 1.82) is 0 Å². The Morgan fingerprint density at radius 1 is 1.19 bits per heavy atom. The van der Waals surface area contributed by atoms with Crippen LogP contribution in [0.3, 0.4) is 0 Å². The summed E-state index contributed by atoms with van der Waals surface area (Å²) in [5, 5.41) is 3.59. The van der Waals surface area contributed by atoms with E-state index in [1.807, 2.05) is 0 Å². The van der Waals surface area contributed by atoms with Crippen LogP contribution in [0.15, 0.2) is 0 Å². The first-order valence-corrected chi connectivity index (χ1v) is 7.03. The fourth-order valence-electron chi connectivity index (χ4n) is 2.29. The van der Waals surface area contributed by atoms with E-state index in [1.54, 1.807) is 0 Å². The SMILES string of the molecule is CCC(CNC(C)C)N(CC(C)C)C1CC1. The maximum absolute atomic E-state index is 3.59. The zero-order chi connectivity index (χ0) is 12.1. The molecule has 0 aromatic rings. The van der Waals surface area contributed by atoms with Gasteiger partial charge in [-0.3, -0.25) is 4.90 Å². The van der Waals surface area contributed by atoms with Crippen molar-refractivity contribution in [1.82, 2.24) is 10.2 Å². The van der Waals surface area contributed by atoms with Gasteiger partial charge in [-0.15, -0.1) is 0 Å². The van der Waals surface area contributed by atoms with Crippen molar-refractivity contribution in [3.8, 4) is 0 Å². The molecule has 1 aliphatic carbocycles. The van der Waals surface area contributed by atoms with Crippen LogP contribution in [0.4, 0.5) is 0 Å². The molecule has 0 spiro atoms. The second-order valence-corrected chi connectivity index (χ2v) is 5.95. The molecule has 1 saturated carbocycles. The maximum Gasteiger partial charge on any atom is 0.0221 e. The summed E-state index contributed by atoms with van der Waals surface area (Å²) in [5.41, 5.74) is 0. The molecule has 0 bridgehead atoms. The average Bonchev–Trinajstić information content (AvgIpc) is 2.99. The molecule has 1 fully saturated rings. The van der Waals surface area contributed by atoms with E-state index in [4.69, 9.17) is 0 Å². The lowest BCUT2D eigenvalue weighted by atomic mass is 10.1. The normalized spacial score (nSPS) is 18.8. The molecule has 0 heterocycles. The molecule has 0 aliphatic heterocycles. The van der Waals surface area contributed by atoms with Crippen LogP contribution in [0.1, 0.15) is 53.9 Å². The third kappa shape index (κ3) is 4.84. The van der Waals surface area contributed by atoms with Crippen LogP contribution in [0.5, 0.6) is 0 Å². The lowest BCUT2D eigenvalue weighted by Gasteiger charge is -2.33. The summed E-state index contributed by atoms with van der Waals surface area (Å²) < 4.78 is 0. The molecular formula is C14H30N2. The van der Waals surface area contributed by atoms with Crippen molar-refractivity contribution in [3.63, 3.8) is 0 Å². The van der Waals surface area contributed by atoms with E-state index in [-0.39, 0.29) is 0 Å². The fraction of sp³-hybridized carbons (Fsp3) is 1.00. The lowest BCUT2D eigenvalue weighted by molar-refractivity contribution is 0.155. The predicted molar refractivity (Wildman–Crippen MR) is 71.8 cm³/mol. The molecule has 0 aromatic carbocycles. The Labute approximate surface area is 102 Å². The van der Waals surface area contributed by atoms with Gasteiger partial charge in [0.2, 0.25) is 0 Å². The molecule has 2 nitrogen and oxygen atoms in total. The highest BCUT2D eigenvalue weighted by Gasteiger charge is 2.33. The van der Waals surface area contributed by atoms with Crippen molar-refractivity contribution in [2.75, 3.05) is 13.1 Å². The highest BCUT2D eigenvalue weighted by molar-refractivity contribution is 4.89. The van der Waals surface area contributed by atoms with E-state index in [9.17, 15) is 0 Å². The van der Waals surface area contributed by atoms with E-state index in [0.29, 0.717) is 6.04 Å².